The number of aromatic nitrogens is 2. The summed E-state index contributed by atoms with van der Waals surface area (Å²) < 4.78 is 10.9. The van der Waals surface area contributed by atoms with Crippen LogP contribution in [-0.4, -0.2) is 72.6 Å². The lowest BCUT2D eigenvalue weighted by Gasteiger charge is -2.35. The van der Waals surface area contributed by atoms with Crippen molar-refractivity contribution in [2.45, 2.75) is 77.8 Å². The number of rotatable bonds is 13. The van der Waals surface area contributed by atoms with Gasteiger partial charge in [0.2, 0.25) is 11.9 Å². The maximum atomic E-state index is 12.7. The molecule has 9 nitrogen and oxygen atoms in total. The minimum Gasteiger partial charge on any atom is -0.493 e. The summed E-state index contributed by atoms with van der Waals surface area (Å²) in [5, 5.41) is 0. The van der Waals surface area contributed by atoms with Crippen molar-refractivity contribution in [3.63, 3.8) is 0 Å². The van der Waals surface area contributed by atoms with E-state index >= 15 is 0 Å². The SMILES string of the molecule is CCCCCCCCCC(=O)N1CCN(c2nc(CN3CCc4cc(OC)c(OC)cc4C3)cc(=O)[nH]2)CC1. The van der Waals surface area contributed by atoms with E-state index in [1.807, 2.05) is 11.0 Å². The molecule has 1 amide bonds. The molecule has 9 heteroatoms. The smallest absolute Gasteiger partial charge is 0.252 e. The van der Waals surface area contributed by atoms with Crippen LogP contribution in [-0.2, 0) is 24.3 Å². The van der Waals surface area contributed by atoms with E-state index in [1.165, 1.54) is 43.2 Å². The molecule has 4 rings (SSSR count). The van der Waals surface area contributed by atoms with Gasteiger partial charge in [-0.15, -0.1) is 0 Å². The Bertz CT molecular complexity index is 1140. The number of nitrogens with one attached hydrogen (secondary N) is 1. The first-order chi connectivity index (χ1) is 19.0. The molecule has 0 atom stereocenters. The van der Waals surface area contributed by atoms with E-state index in [4.69, 9.17) is 14.5 Å². The van der Waals surface area contributed by atoms with Crippen LogP contribution in [0.1, 0.15) is 75.1 Å². The monoisotopic (exact) mass is 539 g/mol. The average molecular weight is 540 g/mol. The van der Waals surface area contributed by atoms with Gasteiger partial charge in [-0.1, -0.05) is 45.4 Å². The molecule has 3 heterocycles. The zero-order valence-corrected chi connectivity index (χ0v) is 24.0. The minimum absolute atomic E-state index is 0.142. The molecule has 0 radical (unpaired) electrons. The van der Waals surface area contributed by atoms with Gasteiger partial charge in [-0.2, -0.15) is 0 Å². The molecule has 1 fully saturated rings. The number of carbonyl (C=O) groups is 1. The van der Waals surface area contributed by atoms with Crippen LogP contribution in [0.3, 0.4) is 0 Å². The number of unbranched alkanes of at least 4 members (excludes halogenated alkanes) is 6. The van der Waals surface area contributed by atoms with Gasteiger partial charge in [-0.3, -0.25) is 19.5 Å². The number of nitrogens with zero attached hydrogens (tertiary/aromatic N) is 4. The summed E-state index contributed by atoms with van der Waals surface area (Å²) in [6.07, 6.45) is 10.0. The zero-order chi connectivity index (χ0) is 27.6. The normalized spacial score (nSPS) is 15.8. The number of hydrogen-bond donors (Lipinski definition) is 1. The van der Waals surface area contributed by atoms with Crippen LogP contribution in [0.15, 0.2) is 23.0 Å². The van der Waals surface area contributed by atoms with Crippen LogP contribution in [0.2, 0.25) is 0 Å². The molecule has 214 valence electrons. The fraction of sp³-hybridized carbons (Fsp3) is 0.633. The highest BCUT2D eigenvalue weighted by Gasteiger charge is 2.24. The van der Waals surface area contributed by atoms with Crippen molar-refractivity contribution >= 4 is 11.9 Å². The number of aromatic amines is 1. The van der Waals surface area contributed by atoms with Crippen LogP contribution in [0.5, 0.6) is 11.5 Å². The first kappa shape index (κ1) is 28.9. The average Bonchev–Trinajstić information content (AvgIpc) is 2.95. The number of fused-ring (bicyclic) bond motifs is 1. The Balaban J connectivity index is 1.28. The van der Waals surface area contributed by atoms with Crippen molar-refractivity contribution in [2.24, 2.45) is 0 Å². The first-order valence-corrected chi connectivity index (χ1v) is 14.6. The Morgan fingerprint density at radius 2 is 1.56 bits per heavy atom. The molecular weight excluding hydrogens is 494 g/mol. The molecule has 39 heavy (non-hydrogen) atoms. The van der Waals surface area contributed by atoms with Crippen molar-refractivity contribution < 1.29 is 14.3 Å². The van der Waals surface area contributed by atoms with E-state index in [2.05, 4.69) is 27.8 Å². The van der Waals surface area contributed by atoms with Gasteiger partial charge in [0, 0.05) is 58.3 Å². The number of carbonyl (C=O) groups excluding carboxylic acids is 1. The van der Waals surface area contributed by atoms with Gasteiger partial charge in [-0.05, 0) is 36.1 Å². The quantitative estimate of drug-likeness (QED) is 0.383. The van der Waals surface area contributed by atoms with Gasteiger partial charge >= 0.3 is 0 Å². The summed E-state index contributed by atoms with van der Waals surface area (Å²) in [4.78, 5) is 39.3. The van der Waals surface area contributed by atoms with Crippen LogP contribution >= 0.6 is 0 Å². The van der Waals surface area contributed by atoms with Crippen LogP contribution in [0.25, 0.3) is 0 Å². The highest BCUT2D eigenvalue weighted by molar-refractivity contribution is 5.76. The fourth-order valence-corrected chi connectivity index (χ4v) is 5.59. The molecule has 1 aromatic carbocycles. The van der Waals surface area contributed by atoms with Gasteiger partial charge in [0.25, 0.3) is 5.56 Å². The molecule has 0 aliphatic carbocycles. The molecule has 2 aliphatic rings. The molecule has 0 spiro atoms. The molecule has 2 aromatic rings. The van der Waals surface area contributed by atoms with Gasteiger partial charge in [0.05, 0.1) is 19.9 Å². The van der Waals surface area contributed by atoms with Crippen molar-refractivity contribution in [3.8, 4) is 11.5 Å². The summed E-state index contributed by atoms with van der Waals surface area (Å²) in [6, 6.07) is 5.70. The predicted molar refractivity (Wildman–Crippen MR) is 154 cm³/mol. The second kappa shape index (κ2) is 14.4. The molecule has 1 saturated heterocycles. The molecular formula is C30H45N5O4. The maximum Gasteiger partial charge on any atom is 0.252 e. The number of methoxy groups -OCH3 is 2. The number of hydrogen-bond acceptors (Lipinski definition) is 7. The van der Waals surface area contributed by atoms with Crippen LogP contribution in [0.4, 0.5) is 5.95 Å². The third kappa shape index (κ3) is 7.97. The molecule has 0 saturated carbocycles. The summed E-state index contributed by atoms with van der Waals surface area (Å²) in [7, 11) is 3.31. The maximum absolute atomic E-state index is 12.7. The van der Waals surface area contributed by atoms with E-state index < -0.39 is 0 Å². The van der Waals surface area contributed by atoms with Gasteiger partial charge in [0.15, 0.2) is 11.5 Å². The first-order valence-electron chi connectivity index (χ1n) is 14.6. The molecule has 0 unspecified atom stereocenters. The minimum atomic E-state index is -0.142. The Morgan fingerprint density at radius 1 is 0.897 bits per heavy atom. The number of benzene rings is 1. The molecule has 2 aliphatic heterocycles. The van der Waals surface area contributed by atoms with Crippen molar-refractivity contribution in [1.82, 2.24) is 19.8 Å². The van der Waals surface area contributed by atoms with E-state index in [0.717, 1.165) is 49.5 Å². The number of amides is 1. The lowest BCUT2D eigenvalue weighted by atomic mass is 9.98. The third-order valence-electron chi connectivity index (χ3n) is 7.89. The van der Waals surface area contributed by atoms with Gasteiger partial charge in [0.1, 0.15) is 0 Å². The second-order valence-corrected chi connectivity index (χ2v) is 10.7. The number of ether oxygens (including phenoxy) is 2. The van der Waals surface area contributed by atoms with Crippen molar-refractivity contribution in [2.75, 3.05) is 51.8 Å². The number of anilines is 1. The van der Waals surface area contributed by atoms with E-state index in [-0.39, 0.29) is 11.5 Å². The Morgan fingerprint density at radius 3 is 2.26 bits per heavy atom. The predicted octanol–water partition coefficient (Wildman–Crippen LogP) is 4.13. The lowest BCUT2D eigenvalue weighted by molar-refractivity contribution is -0.131. The number of H-pyrrole nitrogens is 1. The van der Waals surface area contributed by atoms with Gasteiger partial charge < -0.3 is 19.3 Å². The summed E-state index contributed by atoms with van der Waals surface area (Å²) in [5.74, 6) is 2.33. The van der Waals surface area contributed by atoms with E-state index in [0.29, 0.717) is 45.1 Å². The molecule has 0 bridgehead atoms. The lowest BCUT2D eigenvalue weighted by Crippen LogP contribution is -2.49. The topological polar surface area (TPSA) is 91.0 Å². The summed E-state index contributed by atoms with van der Waals surface area (Å²) in [5.41, 5.74) is 3.09. The van der Waals surface area contributed by atoms with E-state index in [1.54, 1.807) is 20.3 Å². The van der Waals surface area contributed by atoms with Crippen LogP contribution < -0.4 is 19.9 Å². The van der Waals surface area contributed by atoms with E-state index in [9.17, 15) is 9.59 Å². The zero-order valence-electron chi connectivity index (χ0n) is 24.0. The summed E-state index contributed by atoms with van der Waals surface area (Å²) in [6.45, 7) is 7.15. The Hall–Kier alpha value is -3.07. The Labute approximate surface area is 232 Å². The fourth-order valence-electron chi connectivity index (χ4n) is 5.59. The standard InChI is InChI=1S/C30H45N5O4/c1-4-5-6-7-8-9-10-11-29(37)34-14-16-35(17-15-34)30-31-25(20-28(36)32-30)22-33-13-12-23-18-26(38-2)27(39-3)19-24(23)21-33/h18-20H,4-17,21-22H2,1-3H3,(H,31,32,36). The van der Waals surface area contributed by atoms with Crippen molar-refractivity contribution in [3.05, 3.63) is 45.4 Å². The molecule has 1 N–H and O–H groups in total. The highest BCUT2D eigenvalue weighted by atomic mass is 16.5. The number of piperazine rings is 1. The van der Waals surface area contributed by atoms with Crippen molar-refractivity contribution in [1.29, 1.82) is 0 Å². The second-order valence-electron chi connectivity index (χ2n) is 10.7. The van der Waals surface area contributed by atoms with Gasteiger partial charge in [-0.25, -0.2) is 4.98 Å². The van der Waals surface area contributed by atoms with Crippen LogP contribution in [0, 0.1) is 0 Å². The highest BCUT2D eigenvalue weighted by Crippen LogP contribution is 2.33. The molecule has 1 aromatic heterocycles. The Kier molecular flexibility index (Phi) is 10.6. The summed E-state index contributed by atoms with van der Waals surface area (Å²) >= 11 is 0. The largest absolute Gasteiger partial charge is 0.493 e. The third-order valence-corrected chi connectivity index (χ3v) is 7.89.